The van der Waals surface area contributed by atoms with Gasteiger partial charge < -0.3 is 9.80 Å². The van der Waals surface area contributed by atoms with Gasteiger partial charge in [0.1, 0.15) is 0 Å². The third-order valence-corrected chi connectivity index (χ3v) is 5.90. The molecule has 2 fully saturated rings. The summed E-state index contributed by atoms with van der Waals surface area (Å²) >= 11 is 0. The van der Waals surface area contributed by atoms with Crippen LogP contribution in [0.1, 0.15) is 43.0 Å². The van der Waals surface area contributed by atoms with Crippen LogP contribution in [0.25, 0.3) is 10.9 Å². The highest BCUT2D eigenvalue weighted by Gasteiger charge is 2.37. The van der Waals surface area contributed by atoms with Crippen LogP contribution in [0.2, 0.25) is 0 Å². The number of rotatable bonds is 1. The number of benzene rings is 1. The van der Waals surface area contributed by atoms with Gasteiger partial charge in [-0.3, -0.25) is 14.6 Å². The fourth-order valence-electron chi connectivity index (χ4n) is 4.55. The first-order valence-electron chi connectivity index (χ1n) is 9.55. The zero-order valence-corrected chi connectivity index (χ0v) is 15.2. The predicted octanol–water partition coefficient (Wildman–Crippen LogP) is 3.10. The van der Waals surface area contributed by atoms with Gasteiger partial charge in [-0.25, -0.2) is 0 Å². The number of carbonyl (C=O) groups excluding carboxylic acids is 2. The Bertz CT molecular complexity index is 830. The molecule has 2 aliphatic rings. The molecule has 0 N–H and O–H groups in total. The number of pyridine rings is 1. The third kappa shape index (κ3) is 3.06. The monoisotopic (exact) mass is 351 g/mol. The van der Waals surface area contributed by atoms with Gasteiger partial charge in [0.05, 0.1) is 5.52 Å². The van der Waals surface area contributed by atoms with Gasteiger partial charge in [-0.15, -0.1) is 0 Å². The first kappa shape index (κ1) is 17.0. The van der Waals surface area contributed by atoms with Crippen LogP contribution >= 0.6 is 0 Å². The van der Waals surface area contributed by atoms with Gasteiger partial charge in [0, 0.05) is 49.7 Å². The van der Waals surface area contributed by atoms with Crippen LogP contribution in [-0.2, 0) is 4.79 Å². The van der Waals surface area contributed by atoms with Crippen molar-refractivity contribution in [1.82, 2.24) is 14.8 Å². The number of hydrogen-bond donors (Lipinski definition) is 0. The Morgan fingerprint density at radius 2 is 1.96 bits per heavy atom. The van der Waals surface area contributed by atoms with Gasteiger partial charge in [0.15, 0.2) is 0 Å². The van der Waals surface area contributed by atoms with Crippen LogP contribution in [0, 0.1) is 5.92 Å². The van der Waals surface area contributed by atoms with E-state index in [1.165, 1.54) is 0 Å². The van der Waals surface area contributed by atoms with E-state index >= 15 is 0 Å². The van der Waals surface area contributed by atoms with Gasteiger partial charge in [-0.1, -0.05) is 18.6 Å². The largest absolute Gasteiger partial charge is 0.343 e. The summed E-state index contributed by atoms with van der Waals surface area (Å²) in [4.78, 5) is 33.6. The molecule has 2 amide bonds. The van der Waals surface area contributed by atoms with Gasteiger partial charge >= 0.3 is 0 Å². The lowest BCUT2D eigenvalue weighted by atomic mass is 9.88. The lowest BCUT2D eigenvalue weighted by Gasteiger charge is -2.42. The molecule has 0 radical (unpaired) electrons. The van der Waals surface area contributed by atoms with Crippen molar-refractivity contribution < 1.29 is 9.59 Å². The van der Waals surface area contributed by atoms with Crippen molar-refractivity contribution in [3.8, 4) is 0 Å². The quantitative estimate of drug-likeness (QED) is 0.793. The van der Waals surface area contributed by atoms with Gasteiger partial charge in [0.25, 0.3) is 5.91 Å². The number of nitrogens with zero attached hydrogens (tertiary/aromatic N) is 3. The summed E-state index contributed by atoms with van der Waals surface area (Å²) in [6.07, 6.45) is 5.87. The van der Waals surface area contributed by atoms with Crippen molar-refractivity contribution >= 4 is 22.7 Å². The van der Waals surface area contributed by atoms with E-state index in [0.717, 1.165) is 61.8 Å². The molecule has 2 atom stereocenters. The lowest BCUT2D eigenvalue weighted by Crippen LogP contribution is -2.53. The summed E-state index contributed by atoms with van der Waals surface area (Å²) in [7, 11) is 0. The number of aromatic nitrogens is 1. The summed E-state index contributed by atoms with van der Waals surface area (Å²) in [6, 6.07) is 9.86. The lowest BCUT2D eigenvalue weighted by molar-refractivity contribution is -0.131. The first-order chi connectivity index (χ1) is 12.6. The van der Waals surface area contributed by atoms with Crippen LogP contribution in [0.4, 0.5) is 0 Å². The van der Waals surface area contributed by atoms with Crippen LogP contribution in [0.15, 0.2) is 36.5 Å². The Morgan fingerprint density at radius 1 is 1.08 bits per heavy atom. The van der Waals surface area contributed by atoms with E-state index in [1.807, 2.05) is 35.2 Å². The van der Waals surface area contributed by atoms with Gasteiger partial charge in [-0.05, 0) is 43.4 Å². The van der Waals surface area contributed by atoms with Crippen molar-refractivity contribution in [3.63, 3.8) is 0 Å². The Morgan fingerprint density at radius 3 is 2.81 bits per heavy atom. The van der Waals surface area contributed by atoms with Crippen molar-refractivity contribution in [1.29, 1.82) is 0 Å². The second-order valence-corrected chi connectivity index (χ2v) is 7.45. The molecule has 3 heterocycles. The Kier molecular flexibility index (Phi) is 4.62. The fraction of sp³-hybridized carbons (Fsp3) is 0.476. The molecule has 1 aromatic carbocycles. The Labute approximate surface area is 154 Å². The topological polar surface area (TPSA) is 53.5 Å². The zero-order valence-electron chi connectivity index (χ0n) is 15.2. The fourth-order valence-corrected chi connectivity index (χ4v) is 4.55. The van der Waals surface area contributed by atoms with E-state index in [2.05, 4.69) is 9.88 Å². The molecule has 0 spiro atoms. The molecule has 2 aromatic rings. The minimum atomic E-state index is 0.108. The first-order valence-corrected chi connectivity index (χ1v) is 9.55. The van der Waals surface area contributed by atoms with E-state index < -0.39 is 0 Å². The van der Waals surface area contributed by atoms with Crippen molar-refractivity contribution in [2.75, 3.05) is 19.6 Å². The summed E-state index contributed by atoms with van der Waals surface area (Å²) in [6.45, 7) is 3.97. The molecule has 2 saturated heterocycles. The van der Waals surface area contributed by atoms with Crippen molar-refractivity contribution in [2.24, 2.45) is 5.92 Å². The minimum Gasteiger partial charge on any atom is -0.343 e. The second kappa shape index (κ2) is 7.06. The van der Waals surface area contributed by atoms with E-state index in [1.54, 1.807) is 13.1 Å². The third-order valence-electron chi connectivity index (χ3n) is 5.90. The molecule has 26 heavy (non-hydrogen) atoms. The zero-order chi connectivity index (χ0) is 18.1. The molecular weight excluding hydrogens is 326 g/mol. The van der Waals surface area contributed by atoms with Gasteiger partial charge in [-0.2, -0.15) is 0 Å². The maximum Gasteiger partial charge on any atom is 0.254 e. The molecule has 0 saturated carbocycles. The van der Waals surface area contributed by atoms with E-state index in [9.17, 15) is 9.59 Å². The van der Waals surface area contributed by atoms with Crippen LogP contribution < -0.4 is 0 Å². The van der Waals surface area contributed by atoms with Gasteiger partial charge in [0.2, 0.25) is 5.91 Å². The van der Waals surface area contributed by atoms with Crippen LogP contribution in [0.5, 0.6) is 0 Å². The highest BCUT2D eigenvalue weighted by molar-refractivity contribution is 6.06. The number of hydrogen-bond acceptors (Lipinski definition) is 3. The van der Waals surface area contributed by atoms with Crippen LogP contribution in [-0.4, -0.2) is 52.3 Å². The molecule has 0 aliphatic carbocycles. The van der Waals surface area contributed by atoms with Crippen molar-refractivity contribution in [3.05, 3.63) is 42.1 Å². The number of amides is 2. The summed E-state index contributed by atoms with van der Waals surface area (Å²) < 4.78 is 0. The summed E-state index contributed by atoms with van der Waals surface area (Å²) in [5.41, 5.74) is 1.60. The summed E-state index contributed by atoms with van der Waals surface area (Å²) in [5.74, 6) is 0.634. The normalized spacial score (nSPS) is 23.4. The van der Waals surface area contributed by atoms with E-state index in [4.69, 9.17) is 0 Å². The molecule has 2 aliphatic heterocycles. The maximum absolute atomic E-state index is 13.5. The number of piperidine rings is 1. The molecular formula is C21H25N3O2. The average molecular weight is 351 g/mol. The molecule has 5 nitrogen and oxygen atoms in total. The summed E-state index contributed by atoms with van der Waals surface area (Å²) in [5, 5.41) is 0.918. The van der Waals surface area contributed by atoms with E-state index in [0.29, 0.717) is 5.92 Å². The standard InChI is InChI=1S/C21H25N3O2/c1-15(25)23-13-10-20-16(14-23)6-2-3-12-24(20)21(26)18-7-4-9-19-17(18)8-5-11-22-19/h4-5,7-9,11,16,20H,2-3,6,10,12-14H2,1H3/t16-,20+/m0/s1. The average Bonchev–Trinajstić information content (AvgIpc) is 2.88. The van der Waals surface area contributed by atoms with Crippen LogP contribution in [0.3, 0.4) is 0 Å². The number of likely N-dealkylation sites (tertiary alicyclic amines) is 2. The second-order valence-electron chi connectivity index (χ2n) is 7.45. The van der Waals surface area contributed by atoms with Crippen molar-refractivity contribution in [2.45, 2.75) is 38.6 Å². The molecule has 0 bridgehead atoms. The highest BCUT2D eigenvalue weighted by Crippen LogP contribution is 2.32. The Balaban J connectivity index is 1.65. The molecule has 1 aromatic heterocycles. The Hall–Kier alpha value is -2.43. The minimum absolute atomic E-state index is 0.108. The maximum atomic E-state index is 13.5. The van der Waals surface area contributed by atoms with E-state index in [-0.39, 0.29) is 17.9 Å². The smallest absolute Gasteiger partial charge is 0.254 e. The number of carbonyl (C=O) groups is 2. The number of fused-ring (bicyclic) bond motifs is 2. The molecule has 0 unspecified atom stereocenters. The molecule has 5 heteroatoms. The molecule has 136 valence electrons. The molecule has 4 rings (SSSR count). The SMILES string of the molecule is CC(=O)N1CC[C@@H]2[C@@H](CCCCN2C(=O)c2cccc3ncccc23)C1. The predicted molar refractivity (Wildman–Crippen MR) is 101 cm³/mol. The highest BCUT2D eigenvalue weighted by atomic mass is 16.2.